The van der Waals surface area contributed by atoms with Gasteiger partial charge in [-0.15, -0.1) is 0 Å². The van der Waals surface area contributed by atoms with Gasteiger partial charge in [-0.05, 0) is 31.9 Å². The van der Waals surface area contributed by atoms with E-state index in [1.54, 1.807) is 0 Å². The Labute approximate surface area is 111 Å². The number of hydrogen-bond acceptors (Lipinski definition) is 3. The minimum Gasteiger partial charge on any atom is -0.486 e. The summed E-state index contributed by atoms with van der Waals surface area (Å²) < 4.78 is 18.8. The van der Waals surface area contributed by atoms with Crippen LogP contribution in [0, 0.1) is 11.7 Å². The fourth-order valence-corrected chi connectivity index (χ4v) is 2.39. The first-order valence-electron chi connectivity index (χ1n) is 6.54. The molecule has 0 aliphatic heterocycles. The van der Waals surface area contributed by atoms with E-state index < -0.39 is 5.82 Å². The predicted molar refractivity (Wildman–Crippen MR) is 68.9 cm³/mol. The van der Waals surface area contributed by atoms with Gasteiger partial charge in [-0.2, -0.15) is 0 Å². The van der Waals surface area contributed by atoms with Gasteiger partial charge in [0.1, 0.15) is 18.2 Å². The van der Waals surface area contributed by atoms with Crippen molar-refractivity contribution in [3.63, 3.8) is 0 Å². The molecule has 1 saturated carbocycles. The van der Waals surface area contributed by atoms with Crippen LogP contribution >= 0.6 is 0 Å². The second-order valence-electron chi connectivity index (χ2n) is 4.93. The lowest BCUT2D eigenvalue weighted by Crippen LogP contribution is -2.19. The van der Waals surface area contributed by atoms with Gasteiger partial charge < -0.3 is 4.74 Å². The smallest absolute Gasteiger partial charge is 0.173 e. The molecule has 0 saturated heterocycles. The van der Waals surface area contributed by atoms with Gasteiger partial charge in [0.05, 0.1) is 5.56 Å². The summed E-state index contributed by atoms with van der Waals surface area (Å²) in [7, 11) is 0. The third-order valence-corrected chi connectivity index (χ3v) is 3.51. The number of Topliss-reactive ketones (excluding diaryl/α,β-unsaturated/α-hetero) is 2. The number of rotatable bonds is 5. The molecule has 0 unspecified atom stereocenters. The van der Waals surface area contributed by atoms with Crippen LogP contribution in [0.5, 0.6) is 5.75 Å². The second kappa shape index (κ2) is 5.95. The van der Waals surface area contributed by atoms with Gasteiger partial charge in [-0.1, -0.05) is 12.8 Å². The molecule has 0 heterocycles. The molecule has 3 nitrogen and oxygen atoms in total. The number of ether oxygens (including phenoxy) is 1. The molecule has 1 fully saturated rings. The Morgan fingerprint density at radius 1 is 1.32 bits per heavy atom. The summed E-state index contributed by atoms with van der Waals surface area (Å²) in [5, 5.41) is 0. The Morgan fingerprint density at radius 2 is 2.00 bits per heavy atom. The van der Waals surface area contributed by atoms with Crippen LogP contribution in [0.3, 0.4) is 0 Å². The van der Waals surface area contributed by atoms with Crippen LogP contribution < -0.4 is 4.74 Å². The third-order valence-electron chi connectivity index (χ3n) is 3.51. The number of carbonyl (C=O) groups is 2. The van der Waals surface area contributed by atoms with Gasteiger partial charge in [0.25, 0.3) is 0 Å². The molecule has 0 spiro atoms. The zero-order valence-corrected chi connectivity index (χ0v) is 10.9. The molecule has 1 aromatic rings. The molecule has 2 rings (SSSR count). The van der Waals surface area contributed by atoms with Crippen molar-refractivity contribution in [2.24, 2.45) is 5.92 Å². The lowest BCUT2D eigenvalue weighted by molar-refractivity contribution is -0.124. The number of halogens is 1. The lowest BCUT2D eigenvalue weighted by Gasteiger charge is -2.10. The quantitative estimate of drug-likeness (QED) is 0.767. The van der Waals surface area contributed by atoms with Crippen molar-refractivity contribution in [3.05, 3.63) is 29.6 Å². The standard InChI is InChI=1S/C15H17FO3/c1-10(17)13-7-6-12(8-14(13)16)19-9-15(18)11-4-2-3-5-11/h6-8,11H,2-5,9H2,1H3. The summed E-state index contributed by atoms with van der Waals surface area (Å²) in [6.45, 7) is 1.28. The minimum absolute atomic E-state index is 0.0243. The molecule has 102 valence electrons. The van der Waals surface area contributed by atoms with Crippen LogP contribution in [-0.2, 0) is 4.79 Å². The zero-order valence-electron chi connectivity index (χ0n) is 10.9. The van der Waals surface area contributed by atoms with Crippen LogP contribution in [0.25, 0.3) is 0 Å². The number of benzene rings is 1. The molecule has 1 aliphatic carbocycles. The Kier molecular flexibility index (Phi) is 4.30. The molecule has 0 atom stereocenters. The van der Waals surface area contributed by atoms with Gasteiger partial charge in [0.2, 0.25) is 0 Å². The van der Waals surface area contributed by atoms with Gasteiger partial charge >= 0.3 is 0 Å². The van der Waals surface area contributed by atoms with Crippen LogP contribution in [0.4, 0.5) is 4.39 Å². The van der Waals surface area contributed by atoms with E-state index in [9.17, 15) is 14.0 Å². The van der Waals surface area contributed by atoms with Crippen molar-refractivity contribution >= 4 is 11.6 Å². The van der Waals surface area contributed by atoms with Crippen molar-refractivity contribution in [2.45, 2.75) is 32.6 Å². The Morgan fingerprint density at radius 3 is 2.58 bits per heavy atom. The number of ketones is 2. The van der Waals surface area contributed by atoms with Crippen LogP contribution in [0.15, 0.2) is 18.2 Å². The minimum atomic E-state index is -0.613. The van der Waals surface area contributed by atoms with Crippen molar-refractivity contribution in [1.82, 2.24) is 0 Å². The second-order valence-corrected chi connectivity index (χ2v) is 4.93. The Hall–Kier alpha value is -1.71. The predicted octanol–water partition coefficient (Wildman–Crippen LogP) is 3.17. The molecule has 0 amide bonds. The van der Waals surface area contributed by atoms with Crippen LogP contribution in [0.2, 0.25) is 0 Å². The third kappa shape index (κ3) is 3.40. The average Bonchev–Trinajstić information content (AvgIpc) is 2.89. The highest BCUT2D eigenvalue weighted by molar-refractivity contribution is 5.94. The molecule has 1 aliphatic rings. The molecule has 0 bridgehead atoms. The summed E-state index contributed by atoms with van der Waals surface area (Å²) in [4.78, 5) is 22.9. The Balaban J connectivity index is 1.94. The molecule has 0 radical (unpaired) electrons. The largest absolute Gasteiger partial charge is 0.486 e. The average molecular weight is 264 g/mol. The number of hydrogen-bond donors (Lipinski definition) is 0. The summed E-state index contributed by atoms with van der Waals surface area (Å²) in [5.41, 5.74) is 0.0365. The maximum absolute atomic E-state index is 13.5. The van der Waals surface area contributed by atoms with Gasteiger partial charge in [-0.3, -0.25) is 9.59 Å². The highest BCUT2D eigenvalue weighted by Crippen LogP contribution is 2.26. The van der Waals surface area contributed by atoms with E-state index in [0.717, 1.165) is 31.7 Å². The zero-order chi connectivity index (χ0) is 13.8. The van der Waals surface area contributed by atoms with Gasteiger partial charge in [-0.25, -0.2) is 4.39 Å². The molecular formula is C15H17FO3. The fraction of sp³-hybridized carbons (Fsp3) is 0.467. The first kappa shape index (κ1) is 13.7. The first-order chi connectivity index (χ1) is 9.08. The Bertz CT molecular complexity index is 490. The van der Waals surface area contributed by atoms with Gasteiger partial charge in [0.15, 0.2) is 11.6 Å². The van der Waals surface area contributed by atoms with E-state index in [4.69, 9.17) is 4.74 Å². The first-order valence-corrected chi connectivity index (χ1v) is 6.54. The molecule has 19 heavy (non-hydrogen) atoms. The number of carbonyl (C=O) groups excluding carboxylic acids is 2. The fourth-order valence-electron chi connectivity index (χ4n) is 2.39. The maximum Gasteiger partial charge on any atom is 0.173 e. The SMILES string of the molecule is CC(=O)c1ccc(OCC(=O)C2CCCC2)cc1F. The summed E-state index contributed by atoms with van der Waals surface area (Å²) in [5.74, 6) is -0.479. The van der Waals surface area contributed by atoms with E-state index in [-0.39, 0.29) is 35.4 Å². The maximum atomic E-state index is 13.5. The summed E-state index contributed by atoms with van der Waals surface area (Å²) in [6.07, 6.45) is 4.05. The topological polar surface area (TPSA) is 43.4 Å². The molecular weight excluding hydrogens is 247 g/mol. The normalized spacial score (nSPS) is 15.5. The van der Waals surface area contributed by atoms with Crippen molar-refractivity contribution in [2.75, 3.05) is 6.61 Å². The lowest BCUT2D eigenvalue weighted by atomic mass is 10.0. The van der Waals surface area contributed by atoms with E-state index in [0.29, 0.717) is 0 Å². The van der Waals surface area contributed by atoms with Crippen molar-refractivity contribution in [3.8, 4) is 5.75 Å². The van der Waals surface area contributed by atoms with E-state index in [2.05, 4.69) is 0 Å². The highest BCUT2D eigenvalue weighted by atomic mass is 19.1. The molecule has 1 aromatic carbocycles. The van der Waals surface area contributed by atoms with Crippen LogP contribution in [-0.4, -0.2) is 18.2 Å². The summed E-state index contributed by atoms with van der Waals surface area (Å²) in [6, 6.07) is 4.05. The van der Waals surface area contributed by atoms with Crippen molar-refractivity contribution in [1.29, 1.82) is 0 Å². The van der Waals surface area contributed by atoms with E-state index in [1.165, 1.54) is 19.1 Å². The monoisotopic (exact) mass is 264 g/mol. The molecule has 0 N–H and O–H groups in total. The summed E-state index contributed by atoms with van der Waals surface area (Å²) >= 11 is 0. The van der Waals surface area contributed by atoms with Crippen molar-refractivity contribution < 1.29 is 18.7 Å². The van der Waals surface area contributed by atoms with E-state index in [1.807, 2.05) is 0 Å². The molecule has 0 aromatic heterocycles. The van der Waals surface area contributed by atoms with Gasteiger partial charge in [0, 0.05) is 12.0 Å². The van der Waals surface area contributed by atoms with Crippen LogP contribution in [0.1, 0.15) is 43.0 Å². The molecule has 4 heteroatoms. The van der Waals surface area contributed by atoms with E-state index >= 15 is 0 Å². The highest BCUT2D eigenvalue weighted by Gasteiger charge is 2.22.